The van der Waals surface area contributed by atoms with Crippen LogP contribution in [0.5, 0.6) is 5.75 Å². The molecular weight excluding hydrogens is 437 g/mol. The van der Waals surface area contributed by atoms with Gasteiger partial charge in [-0.15, -0.1) is 0 Å². The first kappa shape index (κ1) is 23.2. The molecule has 0 aliphatic heterocycles. The largest absolute Gasteiger partial charge is 0.493 e. The van der Waals surface area contributed by atoms with Crippen molar-refractivity contribution in [3.63, 3.8) is 0 Å². The van der Waals surface area contributed by atoms with Gasteiger partial charge in [-0.3, -0.25) is 14.3 Å². The van der Waals surface area contributed by atoms with Crippen LogP contribution in [0, 0.1) is 5.82 Å². The van der Waals surface area contributed by atoms with Crippen LogP contribution >= 0.6 is 0 Å². The van der Waals surface area contributed by atoms with E-state index < -0.39 is 11.7 Å². The molecular formula is C25H26FN5O3. The molecule has 1 amide bonds. The number of primary amides is 1. The molecule has 0 spiro atoms. The van der Waals surface area contributed by atoms with Gasteiger partial charge in [-0.2, -0.15) is 5.10 Å². The van der Waals surface area contributed by atoms with Crippen molar-refractivity contribution in [1.29, 1.82) is 0 Å². The molecule has 9 heteroatoms. The Balaban J connectivity index is 1.80. The number of hydrogen-bond donors (Lipinski definition) is 2. The number of halogens is 1. The summed E-state index contributed by atoms with van der Waals surface area (Å²) < 4.78 is 21.6. The summed E-state index contributed by atoms with van der Waals surface area (Å²) >= 11 is 0. The Morgan fingerprint density at radius 3 is 2.59 bits per heavy atom. The number of nitrogens with zero attached hydrogens (tertiary/aromatic N) is 3. The number of nitrogens with two attached hydrogens (primary N) is 1. The van der Waals surface area contributed by atoms with E-state index in [1.54, 1.807) is 17.8 Å². The van der Waals surface area contributed by atoms with Crippen LogP contribution in [0.2, 0.25) is 0 Å². The van der Waals surface area contributed by atoms with Gasteiger partial charge in [0.05, 0.1) is 23.4 Å². The van der Waals surface area contributed by atoms with Gasteiger partial charge in [0.1, 0.15) is 22.9 Å². The third-order valence-corrected chi connectivity index (χ3v) is 5.56. The van der Waals surface area contributed by atoms with Gasteiger partial charge in [-0.05, 0) is 55.2 Å². The molecule has 0 aliphatic carbocycles. The number of nitrogens with one attached hydrogen (secondary N) is 1. The maximum atomic E-state index is 14.2. The maximum absolute atomic E-state index is 14.2. The summed E-state index contributed by atoms with van der Waals surface area (Å²) in [6.45, 7) is 4.36. The van der Waals surface area contributed by atoms with Gasteiger partial charge in [-0.1, -0.05) is 25.5 Å². The standard InChI is InChI=1S/C25H26FN5O3/c1-4-6-19-21-22(31(3)30-19)25(33)29-24(28-21)17-12-14(8-10-20(17)34-5-2)11-15-7-9-16(23(27)32)18(26)13-15/h7-10,12-13H,4-6,11H2,1-3H3,(H2,27,32)(H,28,29,33). The topological polar surface area (TPSA) is 116 Å². The fraction of sp³-hybridized carbons (Fsp3) is 0.280. The van der Waals surface area contributed by atoms with Crippen LogP contribution in [0.3, 0.4) is 0 Å². The quantitative estimate of drug-likeness (QED) is 0.415. The van der Waals surface area contributed by atoms with Gasteiger partial charge in [0.25, 0.3) is 11.5 Å². The van der Waals surface area contributed by atoms with E-state index in [0.717, 1.165) is 17.7 Å². The number of carbonyl (C=O) groups excluding carboxylic acids is 1. The highest BCUT2D eigenvalue weighted by molar-refractivity contribution is 5.93. The van der Waals surface area contributed by atoms with Gasteiger partial charge in [0, 0.05) is 7.05 Å². The lowest BCUT2D eigenvalue weighted by atomic mass is 10.0. The number of aromatic nitrogens is 4. The van der Waals surface area contributed by atoms with Crippen LogP contribution in [-0.2, 0) is 19.9 Å². The number of hydrogen-bond acceptors (Lipinski definition) is 5. The normalized spacial score (nSPS) is 11.2. The molecule has 4 aromatic rings. The van der Waals surface area contributed by atoms with Gasteiger partial charge in [0.2, 0.25) is 0 Å². The number of aromatic amines is 1. The van der Waals surface area contributed by atoms with Crippen LogP contribution < -0.4 is 16.0 Å². The fourth-order valence-electron chi connectivity index (χ4n) is 4.04. The Kier molecular flexibility index (Phi) is 6.45. The Morgan fingerprint density at radius 1 is 1.18 bits per heavy atom. The molecule has 0 bridgehead atoms. The van der Waals surface area contributed by atoms with E-state index in [1.165, 1.54) is 12.1 Å². The van der Waals surface area contributed by atoms with E-state index in [2.05, 4.69) is 10.1 Å². The van der Waals surface area contributed by atoms with Crippen molar-refractivity contribution in [3.05, 3.63) is 75.0 Å². The monoisotopic (exact) mass is 463 g/mol. The second-order valence-corrected chi connectivity index (χ2v) is 8.05. The van der Waals surface area contributed by atoms with Crippen molar-refractivity contribution in [2.75, 3.05) is 6.61 Å². The average molecular weight is 464 g/mol. The van der Waals surface area contributed by atoms with Crippen LogP contribution in [0.15, 0.2) is 41.2 Å². The van der Waals surface area contributed by atoms with Crippen molar-refractivity contribution in [3.8, 4) is 17.1 Å². The molecule has 176 valence electrons. The van der Waals surface area contributed by atoms with Crippen LogP contribution in [-0.4, -0.2) is 32.3 Å². The van der Waals surface area contributed by atoms with E-state index in [4.69, 9.17) is 15.5 Å². The number of fused-ring (bicyclic) bond motifs is 1. The molecule has 0 aliphatic rings. The average Bonchev–Trinajstić information content (AvgIpc) is 3.10. The van der Waals surface area contributed by atoms with Gasteiger partial charge in [-0.25, -0.2) is 9.37 Å². The number of ether oxygens (including phenoxy) is 1. The molecule has 34 heavy (non-hydrogen) atoms. The first-order valence-corrected chi connectivity index (χ1v) is 11.1. The number of amides is 1. The highest BCUT2D eigenvalue weighted by Gasteiger charge is 2.18. The minimum absolute atomic E-state index is 0.148. The van der Waals surface area contributed by atoms with Crippen LogP contribution in [0.25, 0.3) is 22.4 Å². The molecule has 0 saturated carbocycles. The van der Waals surface area contributed by atoms with E-state index in [0.29, 0.717) is 53.2 Å². The highest BCUT2D eigenvalue weighted by Crippen LogP contribution is 2.30. The number of rotatable bonds is 8. The van der Waals surface area contributed by atoms with E-state index in [9.17, 15) is 14.0 Å². The predicted octanol–water partition coefficient (Wildman–Crippen LogP) is 3.50. The Morgan fingerprint density at radius 2 is 1.91 bits per heavy atom. The molecule has 0 saturated heterocycles. The molecule has 0 unspecified atom stereocenters. The molecule has 0 radical (unpaired) electrons. The van der Waals surface area contributed by atoms with Crippen LogP contribution in [0.1, 0.15) is 47.4 Å². The molecule has 2 aromatic heterocycles. The fourth-order valence-corrected chi connectivity index (χ4v) is 4.04. The van der Waals surface area contributed by atoms with Crippen molar-refractivity contribution in [2.24, 2.45) is 12.8 Å². The third kappa shape index (κ3) is 4.41. The summed E-state index contributed by atoms with van der Waals surface area (Å²) in [7, 11) is 1.73. The van der Waals surface area contributed by atoms with Gasteiger partial charge >= 0.3 is 0 Å². The molecule has 8 nitrogen and oxygen atoms in total. The Labute approximate surface area is 195 Å². The zero-order valence-electron chi connectivity index (χ0n) is 19.3. The summed E-state index contributed by atoms with van der Waals surface area (Å²) in [5.74, 6) is -0.517. The number of aryl methyl sites for hydroxylation is 2. The molecule has 2 heterocycles. The second kappa shape index (κ2) is 9.46. The summed E-state index contributed by atoms with van der Waals surface area (Å²) in [6, 6.07) is 9.89. The van der Waals surface area contributed by atoms with Gasteiger partial charge < -0.3 is 15.5 Å². The van der Waals surface area contributed by atoms with Crippen LogP contribution in [0.4, 0.5) is 4.39 Å². The van der Waals surface area contributed by atoms with Gasteiger partial charge in [0.15, 0.2) is 5.52 Å². The number of carbonyl (C=O) groups is 1. The van der Waals surface area contributed by atoms with Crippen molar-refractivity contribution in [1.82, 2.24) is 19.7 Å². The zero-order valence-corrected chi connectivity index (χ0v) is 19.3. The van der Waals surface area contributed by atoms with Crippen molar-refractivity contribution < 1.29 is 13.9 Å². The molecule has 4 rings (SSSR count). The molecule has 2 aromatic carbocycles. The van der Waals surface area contributed by atoms with Crippen molar-refractivity contribution >= 4 is 16.9 Å². The number of benzene rings is 2. The lowest BCUT2D eigenvalue weighted by Crippen LogP contribution is -2.13. The van der Waals surface area contributed by atoms with E-state index >= 15 is 0 Å². The Hall–Kier alpha value is -4.01. The first-order chi connectivity index (χ1) is 16.3. The predicted molar refractivity (Wildman–Crippen MR) is 127 cm³/mol. The summed E-state index contributed by atoms with van der Waals surface area (Å²) in [5, 5.41) is 4.47. The summed E-state index contributed by atoms with van der Waals surface area (Å²) in [6.07, 6.45) is 1.98. The summed E-state index contributed by atoms with van der Waals surface area (Å²) in [5.41, 5.74) is 8.68. The second-order valence-electron chi connectivity index (χ2n) is 8.05. The highest BCUT2D eigenvalue weighted by atomic mass is 19.1. The molecule has 3 N–H and O–H groups in total. The molecule has 0 atom stereocenters. The minimum atomic E-state index is -0.810. The lowest BCUT2D eigenvalue weighted by Gasteiger charge is -2.12. The molecule has 0 fully saturated rings. The third-order valence-electron chi connectivity index (χ3n) is 5.56. The summed E-state index contributed by atoms with van der Waals surface area (Å²) in [4.78, 5) is 31.8. The van der Waals surface area contributed by atoms with E-state index in [-0.39, 0.29) is 11.1 Å². The first-order valence-electron chi connectivity index (χ1n) is 11.1. The Bertz CT molecular complexity index is 1440. The number of H-pyrrole nitrogens is 1. The smallest absolute Gasteiger partial charge is 0.277 e. The maximum Gasteiger partial charge on any atom is 0.277 e. The lowest BCUT2D eigenvalue weighted by molar-refractivity contribution is 0.0996. The zero-order chi connectivity index (χ0) is 24.4. The van der Waals surface area contributed by atoms with Crippen molar-refractivity contribution in [2.45, 2.75) is 33.1 Å². The minimum Gasteiger partial charge on any atom is -0.493 e. The van der Waals surface area contributed by atoms with E-state index in [1.807, 2.05) is 32.0 Å². The SMILES string of the molecule is CCCc1nn(C)c2c(=O)[nH]c(-c3cc(Cc4ccc(C(N)=O)c(F)c4)ccc3OCC)nc12.